The van der Waals surface area contributed by atoms with Gasteiger partial charge < -0.3 is 5.32 Å². The van der Waals surface area contributed by atoms with Crippen LogP contribution in [0.25, 0.3) is 0 Å². The van der Waals surface area contributed by atoms with Gasteiger partial charge in [-0.3, -0.25) is 0 Å². The molecule has 1 nitrogen and oxygen atoms in total. The molecule has 1 atom stereocenters. The molecule has 0 aromatic heterocycles. The first kappa shape index (κ1) is 15.1. The van der Waals surface area contributed by atoms with E-state index in [0.29, 0.717) is 10.9 Å². The highest BCUT2D eigenvalue weighted by Gasteiger charge is 2.14. The third-order valence-electron chi connectivity index (χ3n) is 3.21. The third kappa shape index (κ3) is 3.62. The second kappa shape index (κ2) is 7.46. The Kier molecular flexibility index (Phi) is 5.62. The summed E-state index contributed by atoms with van der Waals surface area (Å²) < 4.78 is 13.8. The number of benzene rings is 2. The van der Waals surface area contributed by atoms with Gasteiger partial charge in [-0.15, -0.1) is 0 Å². The first-order valence-electron chi connectivity index (χ1n) is 7.01. The molecular weight excluding hydrogens is 269 g/mol. The molecule has 20 heavy (non-hydrogen) atoms. The number of rotatable bonds is 6. The molecule has 0 aliphatic rings. The monoisotopic (exact) mass is 289 g/mol. The molecule has 0 aliphatic carbocycles. The molecule has 0 saturated carbocycles. The van der Waals surface area contributed by atoms with Gasteiger partial charge in [0.1, 0.15) is 5.82 Å². The van der Waals surface area contributed by atoms with Crippen LogP contribution in [-0.2, 0) is 0 Å². The highest BCUT2D eigenvalue weighted by molar-refractivity contribution is 7.99. The number of halogens is 1. The second-order valence-electron chi connectivity index (χ2n) is 4.59. The van der Waals surface area contributed by atoms with E-state index in [1.54, 1.807) is 6.07 Å². The zero-order chi connectivity index (χ0) is 14.4. The second-order valence-corrected chi connectivity index (χ2v) is 5.67. The minimum absolute atomic E-state index is 0.163. The quantitative estimate of drug-likeness (QED) is 0.799. The molecule has 2 aromatic rings. The van der Waals surface area contributed by atoms with Crippen LogP contribution in [0.5, 0.6) is 0 Å². The van der Waals surface area contributed by atoms with E-state index in [9.17, 15) is 4.39 Å². The number of hydrogen-bond donors (Lipinski definition) is 1. The van der Waals surface area contributed by atoms with Crippen molar-refractivity contribution in [2.75, 3.05) is 6.54 Å². The van der Waals surface area contributed by atoms with Gasteiger partial charge in [-0.25, -0.2) is 4.39 Å². The molecule has 1 N–H and O–H groups in total. The van der Waals surface area contributed by atoms with E-state index >= 15 is 0 Å². The summed E-state index contributed by atoms with van der Waals surface area (Å²) in [6, 6.07) is 15.5. The molecule has 0 spiro atoms. The van der Waals surface area contributed by atoms with Crippen LogP contribution < -0.4 is 5.32 Å². The van der Waals surface area contributed by atoms with Crippen LogP contribution in [0.15, 0.2) is 58.3 Å². The highest BCUT2D eigenvalue weighted by Crippen LogP contribution is 2.35. The van der Waals surface area contributed by atoms with Gasteiger partial charge >= 0.3 is 0 Å². The summed E-state index contributed by atoms with van der Waals surface area (Å²) in [7, 11) is 0. The van der Waals surface area contributed by atoms with Crippen molar-refractivity contribution >= 4 is 11.8 Å². The molecule has 0 amide bonds. The van der Waals surface area contributed by atoms with E-state index in [4.69, 9.17) is 0 Å². The molecule has 0 radical (unpaired) electrons. The van der Waals surface area contributed by atoms with E-state index < -0.39 is 0 Å². The fraction of sp³-hybridized carbons (Fsp3) is 0.294. The predicted molar refractivity (Wildman–Crippen MR) is 83.7 cm³/mol. The molecule has 0 bridgehead atoms. The lowest BCUT2D eigenvalue weighted by molar-refractivity contribution is 0.530. The predicted octanol–water partition coefficient (Wildman–Crippen LogP) is 5.04. The van der Waals surface area contributed by atoms with Crippen LogP contribution >= 0.6 is 11.8 Å². The van der Waals surface area contributed by atoms with E-state index in [1.165, 1.54) is 23.4 Å². The zero-order valence-electron chi connectivity index (χ0n) is 11.9. The van der Waals surface area contributed by atoms with Crippen molar-refractivity contribution in [3.8, 4) is 0 Å². The van der Waals surface area contributed by atoms with E-state index in [1.807, 2.05) is 24.3 Å². The molecule has 2 rings (SSSR count). The summed E-state index contributed by atoms with van der Waals surface area (Å²) in [5.41, 5.74) is 1.24. The summed E-state index contributed by atoms with van der Waals surface area (Å²) in [5.74, 6) is -0.163. The molecule has 106 valence electrons. The van der Waals surface area contributed by atoms with Gasteiger partial charge in [-0.05, 0) is 36.7 Å². The Hall–Kier alpha value is -1.32. The van der Waals surface area contributed by atoms with Crippen molar-refractivity contribution < 1.29 is 4.39 Å². The van der Waals surface area contributed by atoms with Crippen molar-refractivity contribution in [2.24, 2.45) is 0 Å². The topological polar surface area (TPSA) is 12.0 Å². The Bertz CT molecular complexity index is 556. The van der Waals surface area contributed by atoms with Gasteiger partial charge in [0.25, 0.3) is 0 Å². The van der Waals surface area contributed by atoms with E-state index in [2.05, 4.69) is 31.3 Å². The van der Waals surface area contributed by atoms with Gasteiger partial charge in [-0.1, -0.05) is 55.9 Å². The summed E-state index contributed by atoms with van der Waals surface area (Å²) in [5, 5.41) is 3.48. The van der Waals surface area contributed by atoms with Crippen LogP contribution in [0.3, 0.4) is 0 Å². The van der Waals surface area contributed by atoms with Crippen LogP contribution in [0.2, 0.25) is 0 Å². The Labute approximate surface area is 124 Å². The van der Waals surface area contributed by atoms with Crippen LogP contribution in [0, 0.1) is 5.82 Å². The fourth-order valence-corrected chi connectivity index (χ4v) is 3.25. The first-order chi connectivity index (χ1) is 9.76. The number of nitrogens with one attached hydrogen (secondary N) is 1. The largest absolute Gasteiger partial charge is 0.310 e. The minimum atomic E-state index is -0.163. The molecule has 0 heterocycles. The zero-order valence-corrected chi connectivity index (χ0v) is 12.7. The maximum Gasteiger partial charge on any atom is 0.137 e. The van der Waals surface area contributed by atoms with Crippen molar-refractivity contribution in [1.29, 1.82) is 0 Å². The highest BCUT2D eigenvalue weighted by atomic mass is 32.2. The Morgan fingerprint density at radius 3 is 2.30 bits per heavy atom. The molecule has 0 saturated heterocycles. The van der Waals surface area contributed by atoms with Gasteiger partial charge in [0.2, 0.25) is 0 Å². The smallest absolute Gasteiger partial charge is 0.137 e. The summed E-state index contributed by atoms with van der Waals surface area (Å²) >= 11 is 1.50. The molecule has 3 heteroatoms. The summed E-state index contributed by atoms with van der Waals surface area (Å²) in [6.45, 7) is 5.20. The standard InChI is InChI=1S/C17H20FNS/c1-3-15(19-4-2)13-9-5-7-11-16(13)20-17-12-8-6-10-14(17)18/h5-12,15,19H,3-4H2,1-2H3. The lowest BCUT2D eigenvalue weighted by atomic mass is 10.0. The van der Waals surface area contributed by atoms with E-state index in [0.717, 1.165) is 17.9 Å². The summed E-state index contributed by atoms with van der Waals surface area (Å²) in [4.78, 5) is 1.79. The maximum atomic E-state index is 13.8. The van der Waals surface area contributed by atoms with Gasteiger partial charge in [0, 0.05) is 15.8 Å². The number of hydrogen-bond acceptors (Lipinski definition) is 2. The SMILES string of the molecule is CCNC(CC)c1ccccc1Sc1ccccc1F. The van der Waals surface area contributed by atoms with E-state index in [-0.39, 0.29) is 5.82 Å². The average Bonchev–Trinajstić information content (AvgIpc) is 2.48. The van der Waals surface area contributed by atoms with Gasteiger partial charge in [0.05, 0.1) is 0 Å². The molecule has 2 aromatic carbocycles. The van der Waals surface area contributed by atoms with Crippen molar-refractivity contribution in [2.45, 2.75) is 36.1 Å². The van der Waals surface area contributed by atoms with Crippen LogP contribution in [0.1, 0.15) is 31.9 Å². The van der Waals surface area contributed by atoms with Crippen LogP contribution in [-0.4, -0.2) is 6.54 Å². The summed E-state index contributed by atoms with van der Waals surface area (Å²) in [6.07, 6.45) is 1.02. The Morgan fingerprint density at radius 1 is 1.00 bits per heavy atom. The molecule has 1 unspecified atom stereocenters. The lowest BCUT2D eigenvalue weighted by Gasteiger charge is -2.19. The molecule has 0 aliphatic heterocycles. The molecule has 0 fully saturated rings. The first-order valence-corrected chi connectivity index (χ1v) is 7.82. The van der Waals surface area contributed by atoms with Gasteiger partial charge in [0.15, 0.2) is 0 Å². The fourth-order valence-electron chi connectivity index (χ4n) is 2.23. The Balaban J connectivity index is 2.30. The Morgan fingerprint density at radius 2 is 1.65 bits per heavy atom. The normalized spacial score (nSPS) is 12.3. The third-order valence-corrected chi connectivity index (χ3v) is 4.35. The van der Waals surface area contributed by atoms with Crippen molar-refractivity contribution in [3.05, 3.63) is 59.9 Å². The maximum absolute atomic E-state index is 13.8. The van der Waals surface area contributed by atoms with Crippen LogP contribution in [0.4, 0.5) is 4.39 Å². The minimum Gasteiger partial charge on any atom is -0.310 e. The van der Waals surface area contributed by atoms with Crippen molar-refractivity contribution in [1.82, 2.24) is 5.32 Å². The van der Waals surface area contributed by atoms with Crippen molar-refractivity contribution in [3.63, 3.8) is 0 Å². The molecular formula is C17H20FNS. The van der Waals surface area contributed by atoms with Gasteiger partial charge in [-0.2, -0.15) is 0 Å². The lowest BCUT2D eigenvalue weighted by Crippen LogP contribution is -2.20. The average molecular weight is 289 g/mol.